The molecular formula is C30H27ClFN5O. The third-order valence-electron chi connectivity index (χ3n) is 6.97. The van der Waals surface area contributed by atoms with Gasteiger partial charge in [-0.2, -0.15) is 0 Å². The number of pyridine rings is 1. The van der Waals surface area contributed by atoms with E-state index >= 15 is 0 Å². The Morgan fingerprint density at radius 1 is 1.00 bits per heavy atom. The number of methoxy groups -OCH3 is 1. The van der Waals surface area contributed by atoms with E-state index in [1.165, 1.54) is 31.4 Å². The van der Waals surface area contributed by atoms with Crippen molar-refractivity contribution in [2.75, 3.05) is 12.4 Å². The van der Waals surface area contributed by atoms with Crippen LogP contribution in [-0.2, 0) is 0 Å². The number of nitrogens with one attached hydrogen (secondary N) is 1. The fraction of sp³-hybridized carbons (Fsp3) is 0.233. The highest BCUT2D eigenvalue weighted by molar-refractivity contribution is 6.30. The fourth-order valence-corrected chi connectivity index (χ4v) is 5.27. The van der Waals surface area contributed by atoms with Crippen molar-refractivity contribution < 1.29 is 9.13 Å². The summed E-state index contributed by atoms with van der Waals surface area (Å²) in [6.45, 7) is 0. The van der Waals surface area contributed by atoms with E-state index in [0.29, 0.717) is 21.9 Å². The van der Waals surface area contributed by atoms with Crippen LogP contribution in [0.5, 0.6) is 5.88 Å². The maximum absolute atomic E-state index is 14.5. The van der Waals surface area contributed by atoms with Crippen LogP contribution in [0, 0.1) is 5.82 Å². The molecule has 3 aromatic rings. The van der Waals surface area contributed by atoms with Crippen molar-refractivity contribution in [3.05, 3.63) is 89.1 Å². The van der Waals surface area contributed by atoms with Crippen LogP contribution < -0.4 is 15.4 Å². The number of halogens is 2. The largest absolute Gasteiger partial charge is 0.480 e. The molecule has 3 aliphatic rings. The average Bonchev–Trinajstić information content (AvgIpc) is 2.94. The van der Waals surface area contributed by atoms with Crippen molar-refractivity contribution in [2.24, 2.45) is 4.99 Å². The van der Waals surface area contributed by atoms with E-state index in [9.17, 15) is 4.39 Å². The van der Waals surface area contributed by atoms with Crippen LogP contribution >= 0.6 is 11.6 Å². The maximum Gasteiger partial charge on any atom is 0.237 e. The molecule has 0 spiro atoms. The van der Waals surface area contributed by atoms with Crippen LogP contribution in [0.4, 0.5) is 15.8 Å². The number of anilines is 2. The molecule has 2 aromatic carbocycles. The lowest BCUT2D eigenvalue weighted by molar-refractivity contribution is 0.400. The Balaban J connectivity index is 1.63. The molecule has 8 heteroatoms. The topological polar surface area (TPSA) is 64.3 Å². The van der Waals surface area contributed by atoms with Gasteiger partial charge in [-0.25, -0.2) is 14.4 Å². The number of benzene rings is 3. The van der Waals surface area contributed by atoms with E-state index < -0.39 is 0 Å². The lowest BCUT2D eigenvalue weighted by Crippen LogP contribution is -2.19. The van der Waals surface area contributed by atoms with E-state index in [2.05, 4.69) is 10.3 Å². The molecule has 0 radical (unpaired) electrons. The van der Waals surface area contributed by atoms with Gasteiger partial charge < -0.3 is 14.6 Å². The van der Waals surface area contributed by atoms with E-state index in [-0.39, 0.29) is 11.9 Å². The number of hydrogen-bond donors (Lipinski definition) is 1. The average molecular weight is 528 g/mol. The minimum absolute atomic E-state index is 0.243. The standard InChI is InChI=1S/C30H27ClFN5O/c1-38-30-24(8-5-15-33-30)36-25-17-27-29(18-26(25)34-21-6-3-2-4-7-21)37(22-12-9-19(31)10-13-22)28-16-20(32)11-14-23(28)35-27/h5,8-18,21,36H,2-4,6-7H2,1H3/b34-26+. The first-order valence-electron chi connectivity index (χ1n) is 12.8. The van der Waals surface area contributed by atoms with Gasteiger partial charge in [0.15, 0.2) is 0 Å². The van der Waals surface area contributed by atoms with Crippen LogP contribution in [0.2, 0.25) is 5.02 Å². The summed E-state index contributed by atoms with van der Waals surface area (Å²) >= 11 is 6.20. The van der Waals surface area contributed by atoms with Gasteiger partial charge in [-0.15, -0.1) is 0 Å². The molecule has 0 unspecified atom stereocenters. The second-order valence-corrected chi connectivity index (χ2v) is 9.96. The second kappa shape index (κ2) is 10.4. The summed E-state index contributed by atoms with van der Waals surface area (Å²) in [5, 5.41) is 4.94. The molecule has 6 rings (SSSR count). The van der Waals surface area contributed by atoms with Crippen LogP contribution in [-0.4, -0.2) is 27.7 Å². The zero-order valence-electron chi connectivity index (χ0n) is 21.0. The first kappa shape index (κ1) is 24.4. The van der Waals surface area contributed by atoms with Crippen molar-refractivity contribution in [2.45, 2.75) is 38.1 Å². The van der Waals surface area contributed by atoms with Gasteiger partial charge in [-0.05, 0) is 73.5 Å². The molecule has 0 saturated heterocycles. The Labute approximate surface area is 225 Å². The number of ether oxygens (including phenoxy) is 1. The predicted molar refractivity (Wildman–Crippen MR) is 149 cm³/mol. The summed E-state index contributed by atoms with van der Waals surface area (Å²) in [4.78, 5) is 14.4. The van der Waals surface area contributed by atoms with Crippen LogP contribution in [0.3, 0.4) is 0 Å². The van der Waals surface area contributed by atoms with Crippen molar-refractivity contribution in [1.82, 2.24) is 14.5 Å². The molecule has 2 heterocycles. The Kier molecular flexibility index (Phi) is 6.68. The lowest BCUT2D eigenvalue weighted by atomic mass is 9.96. The summed E-state index contributed by atoms with van der Waals surface area (Å²) in [7, 11) is 1.60. The summed E-state index contributed by atoms with van der Waals surface area (Å²) in [6, 6.07) is 20.2. The third-order valence-corrected chi connectivity index (χ3v) is 7.22. The molecule has 1 saturated carbocycles. The molecule has 38 heavy (non-hydrogen) atoms. The zero-order chi connectivity index (χ0) is 26.1. The number of rotatable bonds is 5. The van der Waals surface area contributed by atoms with E-state index in [1.807, 2.05) is 53.1 Å². The molecule has 2 aliphatic carbocycles. The third kappa shape index (κ3) is 4.82. The Morgan fingerprint density at radius 2 is 1.82 bits per heavy atom. The van der Waals surface area contributed by atoms with E-state index in [0.717, 1.165) is 46.6 Å². The molecule has 1 fully saturated rings. The van der Waals surface area contributed by atoms with Crippen molar-refractivity contribution in [3.63, 3.8) is 0 Å². The summed E-state index contributed by atoms with van der Waals surface area (Å²) < 4.78 is 22.0. The van der Waals surface area contributed by atoms with Gasteiger partial charge >= 0.3 is 0 Å². The molecular weight excluding hydrogens is 501 g/mol. The number of hydrogen-bond acceptors (Lipinski definition) is 5. The summed E-state index contributed by atoms with van der Waals surface area (Å²) in [5.41, 5.74) is 5.31. The van der Waals surface area contributed by atoms with Gasteiger partial charge in [0.1, 0.15) is 11.5 Å². The fourth-order valence-electron chi connectivity index (χ4n) is 5.14. The first-order valence-corrected chi connectivity index (χ1v) is 13.2. The predicted octanol–water partition coefficient (Wildman–Crippen LogP) is 7.30. The second-order valence-electron chi connectivity index (χ2n) is 9.52. The lowest BCUT2D eigenvalue weighted by Gasteiger charge is -2.22. The minimum atomic E-state index is -0.324. The zero-order valence-corrected chi connectivity index (χ0v) is 21.8. The smallest absolute Gasteiger partial charge is 0.237 e. The van der Waals surface area contributed by atoms with Gasteiger partial charge in [-0.1, -0.05) is 30.9 Å². The van der Waals surface area contributed by atoms with Gasteiger partial charge in [0.2, 0.25) is 5.88 Å². The highest BCUT2D eigenvalue weighted by Crippen LogP contribution is 2.32. The highest BCUT2D eigenvalue weighted by Gasteiger charge is 2.19. The van der Waals surface area contributed by atoms with Crippen molar-refractivity contribution >= 4 is 34.0 Å². The molecule has 192 valence electrons. The van der Waals surface area contributed by atoms with Gasteiger partial charge in [0.05, 0.1) is 46.6 Å². The molecule has 6 nitrogen and oxygen atoms in total. The highest BCUT2D eigenvalue weighted by atomic mass is 35.5. The number of fused-ring (bicyclic) bond motifs is 2. The van der Waals surface area contributed by atoms with E-state index in [4.69, 9.17) is 26.3 Å². The summed E-state index contributed by atoms with van der Waals surface area (Å²) in [5.74, 6) is 0.171. The van der Waals surface area contributed by atoms with Crippen molar-refractivity contribution in [1.29, 1.82) is 0 Å². The van der Waals surface area contributed by atoms with Gasteiger partial charge in [-0.3, -0.25) is 4.99 Å². The molecule has 0 bridgehead atoms. The summed E-state index contributed by atoms with van der Waals surface area (Å²) in [6.07, 6.45) is 7.42. The van der Waals surface area contributed by atoms with Crippen molar-refractivity contribution in [3.8, 4) is 23.0 Å². The first-order chi connectivity index (χ1) is 18.6. The minimum Gasteiger partial charge on any atom is -0.480 e. The van der Waals surface area contributed by atoms with Crippen LogP contribution in [0.1, 0.15) is 32.1 Å². The number of nitrogens with zero attached hydrogens (tertiary/aromatic N) is 4. The van der Waals surface area contributed by atoms with Crippen LogP contribution in [0.25, 0.3) is 28.1 Å². The Morgan fingerprint density at radius 3 is 2.61 bits per heavy atom. The van der Waals surface area contributed by atoms with Gasteiger partial charge in [0.25, 0.3) is 0 Å². The monoisotopic (exact) mass is 527 g/mol. The SMILES string of the molecule is COc1ncccc1Nc1cc2nc3ccc(F)cc3n(-c3ccc(Cl)cc3)c-2c/c1=N\C1CCCCC1. The normalized spacial score (nSPS) is 14.8. The molecule has 1 N–H and O–H groups in total. The molecule has 1 aromatic heterocycles. The van der Waals surface area contributed by atoms with E-state index in [1.54, 1.807) is 19.4 Å². The molecule has 1 aliphatic heterocycles. The van der Waals surface area contributed by atoms with Gasteiger partial charge in [0, 0.05) is 23.0 Å². The maximum atomic E-state index is 14.5. The number of aromatic nitrogens is 3. The Bertz CT molecular complexity index is 1640. The Hall–Kier alpha value is -3.97. The quantitative estimate of drug-likeness (QED) is 0.243. The van der Waals surface area contributed by atoms with Crippen LogP contribution in [0.15, 0.2) is 77.9 Å². The molecule has 0 amide bonds. The molecule has 0 atom stereocenters.